The van der Waals surface area contributed by atoms with Gasteiger partial charge in [0.2, 0.25) is 5.95 Å². The summed E-state index contributed by atoms with van der Waals surface area (Å²) < 4.78 is 1.85. The average molecular weight is 358 g/mol. The molecular weight excluding hydrogens is 326 g/mol. The number of aromatic nitrogens is 4. The molecule has 0 radical (unpaired) electrons. The van der Waals surface area contributed by atoms with Crippen LogP contribution in [0.15, 0.2) is 6.20 Å². The van der Waals surface area contributed by atoms with Crippen LogP contribution in [0.4, 0.5) is 11.8 Å². The first-order valence-electron chi connectivity index (χ1n) is 10.2. The lowest BCUT2D eigenvalue weighted by Gasteiger charge is -2.40. The van der Waals surface area contributed by atoms with Crippen LogP contribution in [0.5, 0.6) is 0 Å². The first-order valence-corrected chi connectivity index (χ1v) is 10.2. The zero-order valence-electron chi connectivity index (χ0n) is 16.1. The number of hydrogen-bond donors (Lipinski definition) is 1. The highest BCUT2D eigenvalue weighted by atomic mass is 15.3. The lowest BCUT2D eigenvalue weighted by Crippen LogP contribution is -2.47. The van der Waals surface area contributed by atoms with Crippen LogP contribution in [0.3, 0.4) is 0 Å². The number of nitrogens with zero attached hydrogens (tertiary/aromatic N) is 6. The number of piperidine rings is 2. The molecule has 7 nitrogen and oxygen atoms in total. The molecule has 4 heterocycles. The molecule has 2 saturated heterocycles. The minimum atomic E-state index is 0.740. The number of aryl methyl sites for hydroxylation is 1. The molecule has 2 aliphatic rings. The standard InChI is InChI=1S/C19H31N7/c1-3-9-20-17-16-14-21-24(2)18(16)23-19(22-17)26-12-7-15(8-13-26)25-10-5-4-6-11-25/h14-15H,3-13H2,1-2H3,(H,20,22,23). The number of nitrogens with one attached hydrogen (secondary N) is 1. The van der Waals surface area contributed by atoms with Crippen molar-refractivity contribution in [3.63, 3.8) is 0 Å². The van der Waals surface area contributed by atoms with Gasteiger partial charge in [0.05, 0.1) is 11.6 Å². The molecule has 7 heteroatoms. The van der Waals surface area contributed by atoms with Crippen molar-refractivity contribution >= 4 is 22.8 Å². The third kappa shape index (κ3) is 3.49. The molecule has 0 aromatic carbocycles. The molecule has 4 rings (SSSR count). The van der Waals surface area contributed by atoms with E-state index in [1.54, 1.807) is 0 Å². The van der Waals surface area contributed by atoms with E-state index in [-0.39, 0.29) is 0 Å². The van der Waals surface area contributed by atoms with Gasteiger partial charge >= 0.3 is 0 Å². The summed E-state index contributed by atoms with van der Waals surface area (Å²) in [4.78, 5) is 14.7. The topological polar surface area (TPSA) is 62.1 Å². The van der Waals surface area contributed by atoms with Crippen LogP contribution in [-0.4, -0.2) is 63.4 Å². The van der Waals surface area contributed by atoms with E-state index >= 15 is 0 Å². The Bertz CT molecular complexity index is 727. The fourth-order valence-corrected chi connectivity index (χ4v) is 4.24. The van der Waals surface area contributed by atoms with E-state index in [0.29, 0.717) is 0 Å². The predicted octanol–water partition coefficient (Wildman–Crippen LogP) is 2.64. The highest BCUT2D eigenvalue weighted by Crippen LogP contribution is 2.27. The summed E-state index contributed by atoms with van der Waals surface area (Å²) in [5.41, 5.74) is 0.909. The van der Waals surface area contributed by atoms with Gasteiger partial charge in [0.25, 0.3) is 0 Å². The Hall–Kier alpha value is -1.89. The summed E-state index contributed by atoms with van der Waals surface area (Å²) in [5.74, 6) is 1.76. The molecule has 2 aliphatic heterocycles. The Kier molecular flexibility index (Phi) is 5.24. The second-order valence-electron chi connectivity index (χ2n) is 7.62. The average Bonchev–Trinajstić information content (AvgIpc) is 3.08. The minimum Gasteiger partial charge on any atom is -0.369 e. The summed E-state index contributed by atoms with van der Waals surface area (Å²) in [5, 5.41) is 8.83. The van der Waals surface area contributed by atoms with Gasteiger partial charge in [-0.25, -0.2) is 0 Å². The second kappa shape index (κ2) is 7.78. The SMILES string of the molecule is CCCNc1nc(N2CCC(N3CCCCC3)CC2)nc2c1cnn2C. The molecule has 2 aromatic heterocycles. The van der Waals surface area contributed by atoms with Gasteiger partial charge in [-0.05, 0) is 45.2 Å². The quantitative estimate of drug-likeness (QED) is 0.888. The lowest BCUT2D eigenvalue weighted by atomic mass is 10.0. The molecule has 0 spiro atoms. The summed E-state index contributed by atoms with van der Waals surface area (Å²) in [6.07, 6.45) is 9.50. The van der Waals surface area contributed by atoms with Crippen molar-refractivity contribution in [3.8, 4) is 0 Å². The Morgan fingerprint density at radius 3 is 2.58 bits per heavy atom. The number of fused-ring (bicyclic) bond motifs is 1. The molecular formula is C19H31N7. The van der Waals surface area contributed by atoms with Gasteiger partial charge in [0.15, 0.2) is 5.65 Å². The maximum Gasteiger partial charge on any atom is 0.229 e. The Balaban J connectivity index is 1.50. The molecule has 0 saturated carbocycles. The number of hydrogen-bond acceptors (Lipinski definition) is 6. The Morgan fingerprint density at radius 2 is 1.85 bits per heavy atom. The highest BCUT2D eigenvalue weighted by molar-refractivity contribution is 5.87. The molecule has 0 atom stereocenters. The normalized spacial score (nSPS) is 20.0. The van der Waals surface area contributed by atoms with Crippen LogP contribution in [0.2, 0.25) is 0 Å². The van der Waals surface area contributed by atoms with E-state index < -0.39 is 0 Å². The van der Waals surface area contributed by atoms with Crippen molar-refractivity contribution < 1.29 is 0 Å². The predicted molar refractivity (Wildman–Crippen MR) is 106 cm³/mol. The maximum absolute atomic E-state index is 4.85. The van der Waals surface area contributed by atoms with E-state index in [0.717, 1.165) is 54.9 Å². The molecule has 0 amide bonds. The van der Waals surface area contributed by atoms with Crippen LogP contribution in [0.1, 0.15) is 45.4 Å². The largest absolute Gasteiger partial charge is 0.369 e. The summed E-state index contributed by atoms with van der Waals surface area (Å²) >= 11 is 0. The van der Waals surface area contributed by atoms with Gasteiger partial charge in [-0.15, -0.1) is 0 Å². The minimum absolute atomic E-state index is 0.740. The lowest BCUT2D eigenvalue weighted by molar-refractivity contribution is 0.141. The van der Waals surface area contributed by atoms with Crippen molar-refractivity contribution in [2.75, 3.05) is 42.9 Å². The molecule has 142 valence electrons. The zero-order chi connectivity index (χ0) is 17.9. The first-order chi connectivity index (χ1) is 12.8. The van der Waals surface area contributed by atoms with Crippen LogP contribution in [0, 0.1) is 0 Å². The molecule has 1 N–H and O–H groups in total. The number of anilines is 2. The van der Waals surface area contributed by atoms with Crippen molar-refractivity contribution in [2.24, 2.45) is 7.05 Å². The maximum atomic E-state index is 4.85. The fourth-order valence-electron chi connectivity index (χ4n) is 4.24. The third-order valence-electron chi connectivity index (χ3n) is 5.78. The molecule has 0 aliphatic carbocycles. The fraction of sp³-hybridized carbons (Fsp3) is 0.737. The molecule has 0 unspecified atom stereocenters. The van der Waals surface area contributed by atoms with Gasteiger partial charge in [0, 0.05) is 32.7 Å². The van der Waals surface area contributed by atoms with Crippen LogP contribution in [-0.2, 0) is 7.05 Å². The van der Waals surface area contributed by atoms with Crippen LogP contribution < -0.4 is 10.2 Å². The van der Waals surface area contributed by atoms with E-state index in [4.69, 9.17) is 9.97 Å². The van der Waals surface area contributed by atoms with Gasteiger partial charge < -0.3 is 15.1 Å². The van der Waals surface area contributed by atoms with E-state index in [2.05, 4.69) is 27.1 Å². The smallest absolute Gasteiger partial charge is 0.229 e. The van der Waals surface area contributed by atoms with E-state index in [1.165, 1.54) is 45.2 Å². The summed E-state index contributed by atoms with van der Waals surface area (Å²) in [6.45, 7) is 7.73. The van der Waals surface area contributed by atoms with E-state index in [9.17, 15) is 0 Å². The van der Waals surface area contributed by atoms with Crippen molar-refractivity contribution in [3.05, 3.63) is 6.20 Å². The van der Waals surface area contributed by atoms with Crippen LogP contribution >= 0.6 is 0 Å². The Morgan fingerprint density at radius 1 is 1.08 bits per heavy atom. The first kappa shape index (κ1) is 17.5. The Labute approximate surface area is 155 Å². The zero-order valence-corrected chi connectivity index (χ0v) is 16.1. The summed E-state index contributed by atoms with van der Waals surface area (Å²) in [7, 11) is 1.95. The number of rotatable bonds is 5. The molecule has 0 bridgehead atoms. The van der Waals surface area contributed by atoms with Gasteiger partial charge in [-0.1, -0.05) is 13.3 Å². The molecule has 2 fully saturated rings. The highest BCUT2D eigenvalue weighted by Gasteiger charge is 2.27. The second-order valence-corrected chi connectivity index (χ2v) is 7.62. The summed E-state index contributed by atoms with van der Waals surface area (Å²) in [6, 6.07) is 0.740. The third-order valence-corrected chi connectivity index (χ3v) is 5.78. The van der Waals surface area contributed by atoms with Gasteiger partial charge in [-0.3, -0.25) is 4.68 Å². The van der Waals surface area contributed by atoms with Crippen LogP contribution in [0.25, 0.3) is 11.0 Å². The van der Waals surface area contributed by atoms with Gasteiger partial charge in [0.1, 0.15) is 5.82 Å². The van der Waals surface area contributed by atoms with Gasteiger partial charge in [-0.2, -0.15) is 15.1 Å². The number of likely N-dealkylation sites (tertiary alicyclic amines) is 1. The van der Waals surface area contributed by atoms with Crippen molar-refractivity contribution in [1.82, 2.24) is 24.6 Å². The monoisotopic (exact) mass is 357 g/mol. The van der Waals surface area contributed by atoms with E-state index in [1.807, 2.05) is 17.9 Å². The molecule has 26 heavy (non-hydrogen) atoms. The molecule has 2 aromatic rings. The van der Waals surface area contributed by atoms with Crippen molar-refractivity contribution in [2.45, 2.75) is 51.5 Å². The van der Waals surface area contributed by atoms with Crippen molar-refractivity contribution in [1.29, 1.82) is 0 Å².